The zero-order valence-electron chi connectivity index (χ0n) is 14.6. The SMILES string of the molecule is Cc1ccc(S(=O)(=O)NC(C)C(=O)OCc2ccc(C(F)(F)F)cc2)cc1. The summed E-state index contributed by atoms with van der Waals surface area (Å²) in [5, 5.41) is 0. The lowest BCUT2D eigenvalue weighted by molar-refractivity contribution is -0.146. The van der Waals surface area contributed by atoms with Crippen LogP contribution in [0.1, 0.15) is 23.6 Å². The topological polar surface area (TPSA) is 72.5 Å². The Bertz CT molecular complexity index is 892. The summed E-state index contributed by atoms with van der Waals surface area (Å²) < 4.78 is 69.2. The third-order valence-electron chi connectivity index (χ3n) is 3.68. The summed E-state index contributed by atoms with van der Waals surface area (Å²) in [6, 6.07) is 9.07. The van der Waals surface area contributed by atoms with Crippen LogP contribution in [0.25, 0.3) is 0 Å². The van der Waals surface area contributed by atoms with Gasteiger partial charge in [-0.1, -0.05) is 29.8 Å². The average Bonchev–Trinajstić information content (AvgIpc) is 2.59. The number of esters is 1. The van der Waals surface area contributed by atoms with Gasteiger partial charge in [0.2, 0.25) is 10.0 Å². The Balaban J connectivity index is 1.94. The molecule has 0 aliphatic heterocycles. The number of benzene rings is 2. The summed E-state index contributed by atoms with van der Waals surface area (Å²) >= 11 is 0. The lowest BCUT2D eigenvalue weighted by atomic mass is 10.1. The number of nitrogens with one attached hydrogen (secondary N) is 1. The van der Waals surface area contributed by atoms with Gasteiger partial charge in [-0.3, -0.25) is 4.79 Å². The van der Waals surface area contributed by atoms with E-state index in [9.17, 15) is 26.4 Å². The van der Waals surface area contributed by atoms with Crippen molar-refractivity contribution in [2.45, 2.75) is 37.6 Å². The normalized spacial score (nSPS) is 13.2. The van der Waals surface area contributed by atoms with E-state index in [-0.39, 0.29) is 11.5 Å². The lowest BCUT2D eigenvalue weighted by Gasteiger charge is -2.14. The molecule has 0 fully saturated rings. The van der Waals surface area contributed by atoms with Crippen LogP contribution in [0.3, 0.4) is 0 Å². The molecule has 0 heterocycles. The van der Waals surface area contributed by atoms with Gasteiger partial charge in [0.1, 0.15) is 12.6 Å². The number of aryl methyl sites for hydroxylation is 1. The van der Waals surface area contributed by atoms with Gasteiger partial charge in [0.15, 0.2) is 0 Å². The first-order chi connectivity index (χ1) is 12.5. The minimum Gasteiger partial charge on any atom is -0.460 e. The van der Waals surface area contributed by atoms with Gasteiger partial charge in [0.05, 0.1) is 10.5 Å². The molecule has 0 saturated carbocycles. The van der Waals surface area contributed by atoms with Crippen LogP contribution in [0.5, 0.6) is 0 Å². The van der Waals surface area contributed by atoms with Crippen molar-refractivity contribution in [3.63, 3.8) is 0 Å². The molecular formula is C18H18F3NO4S. The summed E-state index contributed by atoms with van der Waals surface area (Å²) in [5.41, 5.74) is 0.430. The molecule has 146 valence electrons. The van der Waals surface area contributed by atoms with Gasteiger partial charge >= 0.3 is 12.1 Å². The number of sulfonamides is 1. The number of hydrogen-bond donors (Lipinski definition) is 1. The molecule has 0 amide bonds. The molecule has 0 bridgehead atoms. The number of carbonyl (C=O) groups is 1. The largest absolute Gasteiger partial charge is 0.460 e. The maximum absolute atomic E-state index is 12.5. The summed E-state index contributed by atoms with van der Waals surface area (Å²) in [5.74, 6) is -0.842. The predicted molar refractivity (Wildman–Crippen MR) is 92.2 cm³/mol. The molecule has 2 aromatic rings. The van der Waals surface area contributed by atoms with Crippen molar-refractivity contribution in [3.05, 3.63) is 65.2 Å². The van der Waals surface area contributed by atoms with Gasteiger partial charge in [0, 0.05) is 0 Å². The van der Waals surface area contributed by atoms with E-state index in [4.69, 9.17) is 4.74 Å². The molecule has 27 heavy (non-hydrogen) atoms. The molecule has 0 aromatic heterocycles. The van der Waals surface area contributed by atoms with Gasteiger partial charge in [-0.05, 0) is 43.7 Å². The van der Waals surface area contributed by atoms with Crippen LogP contribution >= 0.6 is 0 Å². The number of rotatable bonds is 6. The zero-order chi connectivity index (χ0) is 20.2. The number of hydrogen-bond acceptors (Lipinski definition) is 4. The van der Waals surface area contributed by atoms with Crippen LogP contribution < -0.4 is 4.72 Å². The number of carbonyl (C=O) groups excluding carboxylic acids is 1. The first-order valence-corrected chi connectivity index (χ1v) is 9.39. The Hall–Kier alpha value is -2.39. The van der Waals surface area contributed by atoms with Crippen LogP contribution in [-0.2, 0) is 32.3 Å². The number of ether oxygens (including phenoxy) is 1. The summed E-state index contributed by atoms with van der Waals surface area (Å²) in [4.78, 5) is 12.0. The Morgan fingerprint density at radius 3 is 2.15 bits per heavy atom. The van der Waals surface area contributed by atoms with Gasteiger partial charge in [-0.25, -0.2) is 8.42 Å². The molecule has 0 radical (unpaired) electrons. The average molecular weight is 401 g/mol. The Morgan fingerprint density at radius 2 is 1.63 bits per heavy atom. The molecule has 1 unspecified atom stereocenters. The summed E-state index contributed by atoms with van der Waals surface area (Å²) in [6.45, 7) is 2.86. The van der Waals surface area contributed by atoms with Gasteiger partial charge in [0.25, 0.3) is 0 Å². The maximum atomic E-state index is 12.5. The van der Waals surface area contributed by atoms with Gasteiger partial charge < -0.3 is 4.74 Å². The molecule has 9 heteroatoms. The van der Waals surface area contributed by atoms with Crippen LogP contribution in [0.2, 0.25) is 0 Å². The molecule has 0 aliphatic carbocycles. The molecule has 1 atom stereocenters. The van der Waals surface area contributed by atoms with Crippen LogP contribution in [-0.4, -0.2) is 20.4 Å². The standard InChI is InChI=1S/C18H18F3NO4S/c1-12-3-9-16(10-4-12)27(24,25)22-13(2)17(23)26-11-14-5-7-15(8-6-14)18(19,20)21/h3-10,13,22H,11H2,1-2H3. The second-order valence-corrected chi connectivity index (χ2v) is 7.67. The molecule has 0 aliphatic rings. The predicted octanol–water partition coefficient (Wildman–Crippen LogP) is 3.42. The van der Waals surface area contributed by atoms with Crippen molar-refractivity contribution in [3.8, 4) is 0 Å². The smallest absolute Gasteiger partial charge is 0.416 e. The molecule has 0 spiro atoms. The summed E-state index contributed by atoms with van der Waals surface area (Å²) in [6.07, 6.45) is -4.45. The Morgan fingerprint density at radius 1 is 1.07 bits per heavy atom. The highest BCUT2D eigenvalue weighted by molar-refractivity contribution is 7.89. The van der Waals surface area contributed by atoms with Crippen LogP contribution in [0.4, 0.5) is 13.2 Å². The highest BCUT2D eigenvalue weighted by Crippen LogP contribution is 2.29. The molecule has 2 aromatic carbocycles. The van der Waals surface area contributed by atoms with Crippen molar-refractivity contribution in [2.75, 3.05) is 0 Å². The van der Waals surface area contributed by atoms with E-state index in [0.717, 1.165) is 17.7 Å². The highest BCUT2D eigenvalue weighted by Gasteiger charge is 2.30. The van der Waals surface area contributed by atoms with Crippen molar-refractivity contribution in [2.24, 2.45) is 0 Å². The molecular weight excluding hydrogens is 383 g/mol. The Labute approximate surface area is 155 Å². The van der Waals surface area contributed by atoms with Crippen molar-refractivity contribution < 1.29 is 31.1 Å². The maximum Gasteiger partial charge on any atom is 0.416 e. The van der Waals surface area contributed by atoms with Crippen molar-refractivity contribution in [1.82, 2.24) is 4.72 Å². The second kappa shape index (κ2) is 8.10. The number of halogens is 3. The van der Waals surface area contributed by atoms with E-state index >= 15 is 0 Å². The molecule has 2 rings (SSSR count). The zero-order valence-corrected chi connectivity index (χ0v) is 15.4. The minimum absolute atomic E-state index is 0.00971. The first kappa shape index (κ1) is 20.9. The lowest BCUT2D eigenvalue weighted by Crippen LogP contribution is -2.39. The van der Waals surface area contributed by atoms with E-state index < -0.39 is 33.8 Å². The van der Waals surface area contributed by atoms with E-state index in [1.165, 1.54) is 31.2 Å². The van der Waals surface area contributed by atoms with Gasteiger partial charge in [-0.15, -0.1) is 0 Å². The van der Waals surface area contributed by atoms with Crippen LogP contribution in [0.15, 0.2) is 53.4 Å². The van der Waals surface area contributed by atoms with Crippen LogP contribution in [0, 0.1) is 6.92 Å². The second-order valence-electron chi connectivity index (χ2n) is 5.96. The fraction of sp³-hybridized carbons (Fsp3) is 0.278. The van der Waals surface area contributed by atoms with Gasteiger partial charge in [-0.2, -0.15) is 17.9 Å². The van der Waals surface area contributed by atoms with E-state index in [0.29, 0.717) is 5.56 Å². The van der Waals surface area contributed by atoms with Crippen molar-refractivity contribution in [1.29, 1.82) is 0 Å². The first-order valence-electron chi connectivity index (χ1n) is 7.91. The fourth-order valence-electron chi connectivity index (χ4n) is 2.14. The van der Waals surface area contributed by atoms with E-state index in [1.54, 1.807) is 12.1 Å². The summed E-state index contributed by atoms with van der Waals surface area (Å²) in [7, 11) is -3.90. The van der Waals surface area contributed by atoms with E-state index in [1.807, 2.05) is 6.92 Å². The minimum atomic E-state index is -4.45. The fourth-order valence-corrected chi connectivity index (χ4v) is 3.33. The highest BCUT2D eigenvalue weighted by atomic mass is 32.2. The van der Waals surface area contributed by atoms with Crippen molar-refractivity contribution >= 4 is 16.0 Å². The monoisotopic (exact) mass is 401 g/mol. The third-order valence-corrected chi connectivity index (χ3v) is 5.24. The Kier molecular flexibility index (Phi) is 6.27. The molecule has 1 N–H and O–H groups in total. The third kappa shape index (κ3) is 5.80. The molecule has 5 nitrogen and oxygen atoms in total. The quantitative estimate of drug-likeness (QED) is 0.753. The number of alkyl halides is 3. The van der Waals surface area contributed by atoms with E-state index in [2.05, 4.69) is 4.72 Å². The molecule has 0 saturated heterocycles.